The zero-order chi connectivity index (χ0) is 9.26. The molecule has 1 aromatic heterocycles. The van der Waals surface area contributed by atoms with Gasteiger partial charge >= 0.3 is 0 Å². The Morgan fingerprint density at radius 3 is 3.00 bits per heavy atom. The number of hydrogen-bond donors (Lipinski definition) is 2. The molecule has 1 fully saturated rings. The van der Waals surface area contributed by atoms with E-state index in [9.17, 15) is 0 Å². The number of nitrogens with two attached hydrogens (primary N) is 1. The molecule has 13 heavy (non-hydrogen) atoms. The van der Waals surface area contributed by atoms with Crippen LogP contribution in [0.2, 0.25) is 0 Å². The number of nitrogens with one attached hydrogen (secondary N) is 1. The lowest BCUT2D eigenvalue weighted by Crippen LogP contribution is -2.39. The Labute approximate surface area is 77.3 Å². The number of aryl methyl sites for hydroxylation is 1. The highest BCUT2D eigenvalue weighted by Crippen LogP contribution is 2.33. The van der Waals surface area contributed by atoms with E-state index < -0.39 is 0 Å². The molecule has 0 spiro atoms. The minimum atomic E-state index is 0.364. The first-order valence-electron chi connectivity index (χ1n) is 4.60. The summed E-state index contributed by atoms with van der Waals surface area (Å²) in [6, 6.07) is 0.364. The first-order chi connectivity index (χ1) is 6.31. The summed E-state index contributed by atoms with van der Waals surface area (Å²) < 4.78 is 1.80. The molecule has 2 rings (SSSR count). The van der Waals surface area contributed by atoms with Crippen molar-refractivity contribution in [1.29, 1.82) is 0 Å². The van der Waals surface area contributed by atoms with Gasteiger partial charge in [0.1, 0.15) is 12.2 Å². The van der Waals surface area contributed by atoms with Crippen molar-refractivity contribution in [3.05, 3.63) is 12.2 Å². The fraction of sp³-hybridized carbons (Fsp3) is 0.750. The molecule has 72 valence electrons. The van der Waals surface area contributed by atoms with Crippen LogP contribution in [0.1, 0.15) is 18.7 Å². The lowest BCUT2D eigenvalue weighted by atomic mass is 10.1. The van der Waals surface area contributed by atoms with E-state index in [1.54, 1.807) is 11.0 Å². The quantitative estimate of drug-likeness (QED) is 0.490. The van der Waals surface area contributed by atoms with Gasteiger partial charge in [-0.25, -0.2) is 4.98 Å². The zero-order valence-electron chi connectivity index (χ0n) is 7.77. The number of rotatable bonds is 4. The first-order valence-corrected chi connectivity index (χ1v) is 4.60. The maximum absolute atomic E-state index is 5.47. The Balaban J connectivity index is 1.99. The fourth-order valence-corrected chi connectivity index (χ4v) is 1.56. The smallest absolute Gasteiger partial charge is 0.138 e. The number of hydrazine groups is 1. The average Bonchev–Trinajstić information content (AvgIpc) is 2.88. The summed E-state index contributed by atoms with van der Waals surface area (Å²) in [7, 11) is 1.91. The van der Waals surface area contributed by atoms with Gasteiger partial charge in [-0.1, -0.05) is 0 Å². The van der Waals surface area contributed by atoms with Crippen LogP contribution in [0.25, 0.3) is 0 Å². The molecule has 1 atom stereocenters. The van der Waals surface area contributed by atoms with Gasteiger partial charge in [-0.05, 0) is 18.8 Å². The maximum Gasteiger partial charge on any atom is 0.138 e. The molecule has 3 N–H and O–H groups in total. The summed E-state index contributed by atoms with van der Waals surface area (Å²) in [6.45, 7) is 0. The Morgan fingerprint density at radius 2 is 2.54 bits per heavy atom. The van der Waals surface area contributed by atoms with Crippen molar-refractivity contribution in [3.63, 3.8) is 0 Å². The van der Waals surface area contributed by atoms with Crippen molar-refractivity contribution < 1.29 is 0 Å². The molecule has 5 nitrogen and oxygen atoms in total. The van der Waals surface area contributed by atoms with Gasteiger partial charge in [0.05, 0.1) is 0 Å². The topological polar surface area (TPSA) is 68.8 Å². The fourth-order valence-electron chi connectivity index (χ4n) is 1.56. The number of nitrogens with zero attached hydrogens (tertiary/aromatic N) is 3. The summed E-state index contributed by atoms with van der Waals surface area (Å²) in [5, 5.41) is 4.02. The van der Waals surface area contributed by atoms with Crippen LogP contribution in [0.4, 0.5) is 0 Å². The molecule has 1 aliphatic carbocycles. The molecule has 1 heterocycles. The van der Waals surface area contributed by atoms with Crippen molar-refractivity contribution in [2.75, 3.05) is 0 Å². The third-order valence-electron chi connectivity index (χ3n) is 2.61. The molecule has 0 bridgehead atoms. The lowest BCUT2D eigenvalue weighted by Gasteiger charge is -2.13. The highest BCUT2D eigenvalue weighted by molar-refractivity contribution is 4.94. The molecule has 0 aromatic carbocycles. The summed E-state index contributed by atoms with van der Waals surface area (Å²) >= 11 is 0. The second-order valence-electron chi connectivity index (χ2n) is 3.61. The Kier molecular flexibility index (Phi) is 2.28. The monoisotopic (exact) mass is 181 g/mol. The van der Waals surface area contributed by atoms with E-state index >= 15 is 0 Å². The third-order valence-corrected chi connectivity index (χ3v) is 2.61. The normalized spacial score (nSPS) is 18.9. The number of hydrogen-bond acceptors (Lipinski definition) is 4. The summed E-state index contributed by atoms with van der Waals surface area (Å²) in [5.41, 5.74) is 2.85. The van der Waals surface area contributed by atoms with Gasteiger partial charge in [0.15, 0.2) is 0 Å². The summed E-state index contributed by atoms with van der Waals surface area (Å²) in [4.78, 5) is 4.17. The van der Waals surface area contributed by atoms with E-state index in [4.69, 9.17) is 5.84 Å². The van der Waals surface area contributed by atoms with Crippen molar-refractivity contribution in [2.45, 2.75) is 25.3 Å². The van der Waals surface area contributed by atoms with E-state index in [-0.39, 0.29) is 0 Å². The van der Waals surface area contributed by atoms with Crippen LogP contribution in [-0.4, -0.2) is 20.8 Å². The van der Waals surface area contributed by atoms with Crippen molar-refractivity contribution in [1.82, 2.24) is 20.2 Å². The van der Waals surface area contributed by atoms with Gasteiger partial charge in [0.2, 0.25) is 0 Å². The predicted molar refractivity (Wildman–Crippen MR) is 48.5 cm³/mol. The van der Waals surface area contributed by atoms with Gasteiger partial charge in [0.25, 0.3) is 0 Å². The molecule has 0 saturated heterocycles. The van der Waals surface area contributed by atoms with Crippen LogP contribution < -0.4 is 11.3 Å². The first kappa shape index (κ1) is 8.65. The van der Waals surface area contributed by atoms with Gasteiger partial charge in [-0.3, -0.25) is 16.0 Å². The van der Waals surface area contributed by atoms with E-state index in [0.29, 0.717) is 6.04 Å². The molecule has 0 radical (unpaired) electrons. The predicted octanol–water partition coefficient (Wildman–Crippen LogP) is -0.400. The summed E-state index contributed by atoms with van der Waals surface area (Å²) in [5.74, 6) is 7.21. The van der Waals surface area contributed by atoms with Crippen molar-refractivity contribution in [2.24, 2.45) is 18.8 Å². The van der Waals surface area contributed by atoms with Gasteiger partial charge in [-0.2, -0.15) is 5.10 Å². The highest BCUT2D eigenvalue weighted by atomic mass is 15.3. The number of aromatic nitrogens is 3. The van der Waals surface area contributed by atoms with E-state index in [1.165, 1.54) is 12.8 Å². The minimum Gasteiger partial charge on any atom is -0.271 e. The molecule has 1 unspecified atom stereocenters. The van der Waals surface area contributed by atoms with Gasteiger partial charge in [-0.15, -0.1) is 0 Å². The highest BCUT2D eigenvalue weighted by Gasteiger charge is 2.31. The van der Waals surface area contributed by atoms with Crippen LogP contribution in [0, 0.1) is 5.92 Å². The molecule has 1 saturated carbocycles. The van der Waals surface area contributed by atoms with E-state index in [2.05, 4.69) is 15.5 Å². The SMILES string of the molecule is Cn1ncnc1CC(NN)C1CC1. The van der Waals surface area contributed by atoms with E-state index in [1.807, 2.05) is 7.05 Å². The molecule has 0 amide bonds. The summed E-state index contributed by atoms with van der Waals surface area (Å²) in [6.07, 6.45) is 5.02. The molecule has 0 aliphatic heterocycles. The zero-order valence-corrected chi connectivity index (χ0v) is 7.77. The Morgan fingerprint density at radius 1 is 1.77 bits per heavy atom. The van der Waals surface area contributed by atoms with Crippen LogP contribution in [0.5, 0.6) is 0 Å². The molecule has 1 aromatic rings. The second kappa shape index (κ2) is 3.43. The molecule has 5 heteroatoms. The lowest BCUT2D eigenvalue weighted by molar-refractivity contribution is 0.455. The van der Waals surface area contributed by atoms with Gasteiger partial charge < -0.3 is 0 Å². The minimum absolute atomic E-state index is 0.364. The van der Waals surface area contributed by atoms with E-state index in [0.717, 1.165) is 18.2 Å². The standard InChI is InChI=1S/C8H15N5/c1-13-8(10-5-11-13)4-7(12-9)6-2-3-6/h5-7,12H,2-4,9H2,1H3. The van der Waals surface area contributed by atoms with Crippen LogP contribution in [-0.2, 0) is 13.5 Å². The van der Waals surface area contributed by atoms with Crippen LogP contribution in [0.15, 0.2) is 6.33 Å². The second-order valence-corrected chi connectivity index (χ2v) is 3.61. The maximum atomic E-state index is 5.47. The average molecular weight is 181 g/mol. The molecular formula is C8H15N5. The molecular weight excluding hydrogens is 166 g/mol. The Hall–Kier alpha value is -0.940. The largest absolute Gasteiger partial charge is 0.271 e. The van der Waals surface area contributed by atoms with Gasteiger partial charge in [0, 0.05) is 19.5 Å². The molecule has 1 aliphatic rings. The third kappa shape index (κ3) is 1.87. The van der Waals surface area contributed by atoms with Crippen LogP contribution >= 0.6 is 0 Å². The van der Waals surface area contributed by atoms with Crippen molar-refractivity contribution in [3.8, 4) is 0 Å². The van der Waals surface area contributed by atoms with Crippen molar-refractivity contribution >= 4 is 0 Å². The Bertz CT molecular complexity index is 278. The van der Waals surface area contributed by atoms with Crippen LogP contribution in [0.3, 0.4) is 0 Å².